The fraction of sp³-hybridized carbons (Fsp3) is 0.236. The van der Waals surface area contributed by atoms with Crippen molar-refractivity contribution < 1.29 is 64.6 Å². The number of fused-ring (bicyclic) bond motifs is 2. The SMILES string of the molecule is Cn1c(-c2nc(N)ncc2C#Cc2cccc(NC(=O)Nc3ccc(C(F)(F)F)cc3)c2)cc2c1CCN(C(=O)OC(C)(C)C)C2=O.Cn1c(-c2nc(NCc3ccncc3)ncc2C#Cc2cccc(NC(=O)Nc3ccc(C(F)(F)F)cc3)c2)cc2c1CCN(C(=O)OC(C)(C)C)C2=O. The number of carbonyl (C=O) groups is 6. The second kappa shape index (κ2) is 29.3. The van der Waals surface area contributed by atoms with Gasteiger partial charge in [-0.3, -0.25) is 14.6 Å². The summed E-state index contributed by atoms with van der Waals surface area (Å²) in [5.41, 5.74) is 10.8. The lowest BCUT2D eigenvalue weighted by Crippen LogP contribution is -2.44. The third-order valence-corrected chi connectivity index (χ3v) is 15.2. The third-order valence-electron chi connectivity index (χ3n) is 15.2. The Morgan fingerprint density at radius 3 is 1.38 bits per heavy atom. The van der Waals surface area contributed by atoms with Crippen LogP contribution in [0.2, 0.25) is 0 Å². The van der Waals surface area contributed by atoms with Gasteiger partial charge in [0.15, 0.2) is 0 Å². The molecule has 8 amide bonds. The molecule has 0 bridgehead atoms. The molecule has 518 valence electrons. The molecule has 2 aliphatic rings. The van der Waals surface area contributed by atoms with Crippen LogP contribution in [0.1, 0.15) is 113 Å². The summed E-state index contributed by atoms with van der Waals surface area (Å²) < 4.78 is 91.7. The van der Waals surface area contributed by atoms with Gasteiger partial charge in [0.2, 0.25) is 11.9 Å². The molecular formula is C72H65F6N15O8. The molecule has 9 aromatic rings. The normalized spacial score (nSPS) is 12.8. The Morgan fingerprint density at radius 1 is 0.535 bits per heavy atom. The monoisotopic (exact) mass is 1380 g/mol. The van der Waals surface area contributed by atoms with Gasteiger partial charge in [-0.25, -0.2) is 48.9 Å². The van der Waals surface area contributed by atoms with E-state index in [1.165, 1.54) is 18.3 Å². The number of ether oxygens (including phenoxy) is 2. The summed E-state index contributed by atoms with van der Waals surface area (Å²) in [5.74, 6) is 11.6. The van der Waals surface area contributed by atoms with E-state index in [0.717, 1.165) is 57.5 Å². The maximum absolute atomic E-state index is 13.6. The Hall–Kier alpha value is -12.5. The minimum absolute atomic E-state index is 0.00307. The summed E-state index contributed by atoms with van der Waals surface area (Å²) in [5, 5.41) is 13.5. The van der Waals surface area contributed by atoms with Gasteiger partial charge in [-0.15, -0.1) is 0 Å². The molecule has 0 aliphatic carbocycles. The van der Waals surface area contributed by atoms with Crippen LogP contribution in [0.25, 0.3) is 22.8 Å². The Morgan fingerprint density at radius 2 is 0.950 bits per heavy atom. The van der Waals surface area contributed by atoms with E-state index in [1.54, 1.807) is 128 Å². The first kappa shape index (κ1) is 71.2. The van der Waals surface area contributed by atoms with Crippen LogP contribution in [0, 0.1) is 23.7 Å². The van der Waals surface area contributed by atoms with Gasteiger partial charge in [0, 0.05) is 117 Å². The fourth-order valence-electron chi connectivity index (χ4n) is 10.4. The number of carbonyl (C=O) groups excluding carboxylic acids is 6. The molecule has 101 heavy (non-hydrogen) atoms. The van der Waals surface area contributed by atoms with Gasteiger partial charge in [-0.1, -0.05) is 35.8 Å². The number of hydrogen-bond donors (Lipinski definition) is 6. The number of anilines is 6. The molecule has 0 saturated carbocycles. The van der Waals surface area contributed by atoms with Crippen molar-refractivity contribution in [3.63, 3.8) is 0 Å². The summed E-state index contributed by atoms with van der Waals surface area (Å²) >= 11 is 0. The summed E-state index contributed by atoms with van der Waals surface area (Å²) in [6.07, 6.45) is -3.18. The first-order chi connectivity index (χ1) is 47.7. The van der Waals surface area contributed by atoms with Crippen LogP contribution in [0.3, 0.4) is 0 Å². The van der Waals surface area contributed by atoms with Crippen molar-refractivity contribution >= 4 is 70.7 Å². The number of nitrogen functional groups attached to an aromatic ring is 1. The van der Waals surface area contributed by atoms with Crippen LogP contribution in [0.5, 0.6) is 0 Å². The van der Waals surface area contributed by atoms with Crippen LogP contribution in [0.4, 0.5) is 80.2 Å². The van der Waals surface area contributed by atoms with E-state index in [1.807, 2.05) is 28.3 Å². The zero-order valence-corrected chi connectivity index (χ0v) is 55.5. The number of alkyl halides is 6. The van der Waals surface area contributed by atoms with Crippen molar-refractivity contribution in [2.24, 2.45) is 14.1 Å². The molecule has 5 aromatic heterocycles. The molecule has 23 nitrogen and oxygen atoms in total. The highest BCUT2D eigenvalue weighted by molar-refractivity contribution is 6.07. The van der Waals surface area contributed by atoms with Crippen molar-refractivity contribution in [1.82, 2.24) is 43.9 Å². The molecular weight excluding hydrogens is 1320 g/mol. The highest BCUT2D eigenvalue weighted by atomic mass is 19.4. The minimum atomic E-state index is -4.49. The molecule has 7 N–H and O–H groups in total. The Labute approximate surface area is 574 Å². The second-order valence-electron chi connectivity index (χ2n) is 24.9. The number of imide groups is 2. The van der Waals surface area contributed by atoms with Crippen LogP contribution in [-0.2, 0) is 55.3 Å². The lowest BCUT2D eigenvalue weighted by atomic mass is 10.1. The van der Waals surface area contributed by atoms with E-state index in [0.29, 0.717) is 98.6 Å². The number of pyridine rings is 1. The molecule has 0 spiro atoms. The van der Waals surface area contributed by atoms with Crippen LogP contribution >= 0.6 is 0 Å². The van der Waals surface area contributed by atoms with Crippen molar-refractivity contribution in [2.45, 2.75) is 84.5 Å². The molecule has 0 fully saturated rings. The van der Waals surface area contributed by atoms with Crippen molar-refractivity contribution in [3.05, 3.63) is 208 Å². The molecule has 11 rings (SSSR count). The van der Waals surface area contributed by atoms with E-state index in [9.17, 15) is 55.1 Å². The highest BCUT2D eigenvalue weighted by Gasteiger charge is 2.38. The molecule has 29 heteroatoms. The lowest BCUT2D eigenvalue weighted by Gasteiger charge is -2.28. The summed E-state index contributed by atoms with van der Waals surface area (Å²) in [6.45, 7) is 11.1. The van der Waals surface area contributed by atoms with Crippen LogP contribution < -0.4 is 32.3 Å². The van der Waals surface area contributed by atoms with Crippen LogP contribution in [-0.4, -0.2) is 104 Å². The van der Waals surface area contributed by atoms with Crippen LogP contribution in [0.15, 0.2) is 146 Å². The number of urea groups is 2. The van der Waals surface area contributed by atoms with Gasteiger partial charge in [0.1, 0.15) is 22.6 Å². The Balaban J connectivity index is 0.000000220. The zero-order valence-electron chi connectivity index (χ0n) is 55.5. The van der Waals surface area contributed by atoms with Gasteiger partial charge in [-0.2, -0.15) is 26.3 Å². The largest absolute Gasteiger partial charge is 0.443 e. The maximum atomic E-state index is 13.6. The maximum Gasteiger partial charge on any atom is 0.417 e. The molecule has 4 aromatic carbocycles. The molecule has 7 heterocycles. The van der Waals surface area contributed by atoms with Gasteiger partial charge in [0.25, 0.3) is 11.8 Å². The van der Waals surface area contributed by atoms with Gasteiger partial charge < -0.3 is 50.9 Å². The van der Waals surface area contributed by atoms with Gasteiger partial charge >= 0.3 is 36.6 Å². The van der Waals surface area contributed by atoms with Crippen molar-refractivity contribution in [1.29, 1.82) is 0 Å². The van der Waals surface area contributed by atoms with Crippen molar-refractivity contribution in [2.75, 3.05) is 45.4 Å². The topological polar surface area (TPSA) is 288 Å². The predicted molar refractivity (Wildman–Crippen MR) is 364 cm³/mol. The summed E-state index contributed by atoms with van der Waals surface area (Å²) in [7, 11) is 3.60. The van der Waals surface area contributed by atoms with E-state index >= 15 is 0 Å². The number of benzene rings is 4. The number of amides is 8. The number of nitrogens with one attached hydrogen (secondary N) is 5. The van der Waals surface area contributed by atoms with E-state index in [4.69, 9.17) is 20.2 Å². The number of aromatic nitrogens is 7. The van der Waals surface area contributed by atoms with E-state index < -0.39 is 70.7 Å². The Kier molecular flexibility index (Phi) is 20.7. The number of halogens is 6. The first-order valence-corrected chi connectivity index (χ1v) is 31.1. The number of nitrogens with two attached hydrogens (primary N) is 1. The standard InChI is InChI=1S/C39H35F3N8O4.C33H30F3N7O4/c1-38(2,3)54-37(53)50-19-16-31-30(34(50)51)21-32(49(31)4)33-26(23-45-35(48-33)44-22-25-14-17-43-18-15-25)9-8-24-6-5-7-29(20-24)47-36(52)46-28-12-10-27(11-13-28)39(40,41)42;1-32(2,3)47-31(46)43-15-14-25-24(28(43)44)17-26(42(25)4)27-20(18-38-29(37)41-27)9-8-19-6-5-7-23(16-19)40-30(45)39-22-12-10-21(11-13-22)33(34,35)36/h5-7,10-15,17-18,20-21,23H,16,19,22H2,1-4H3,(H,44,45,48)(H2,46,47,52);5-7,10-13,16-18H,14-15H2,1-4H3,(H2,37,38,41)(H2,39,40,45). The highest BCUT2D eigenvalue weighted by Crippen LogP contribution is 2.35. The van der Waals surface area contributed by atoms with Crippen molar-refractivity contribution in [3.8, 4) is 46.5 Å². The summed E-state index contributed by atoms with van der Waals surface area (Å²) in [6, 6.07) is 27.2. The first-order valence-electron chi connectivity index (χ1n) is 31.1. The van der Waals surface area contributed by atoms with E-state index in [-0.39, 0.29) is 30.4 Å². The van der Waals surface area contributed by atoms with Gasteiger partial charge in [0.05, 0.1) is 44.8 Å². The number of hydrogen-bond acceptors (Lipinski definition) is 15. The second-order valence-corrected chi connectivity index (χ2v) is 24.9. The molecule has 0 unspecified atom stereocenters. The average molecular weight is 1380 g/mol. The van der Waals surface area contributed by atoms with Gasteiger partial charge in [-0.05, 0) is 156 Å². The third kappa shape index (κ3) is 18.0. The molecule has 2 aliphatic heterocycles. The summed E-state index contributed by atoms with van der Waals surface area (Å²) in [4.78, 5) is 102. The molecule has 0 saturated heterocycles. The Bertz CT molecular complexity index is 4810. The smallest absolute Gasteiger partial charge is 0.417 e. The number of nitrogens with zero attached hydrogens (tertiary/aromatic N) is 9. The predicted octanol–water partition coefficient (Wildman–Crippen LogP) is 13.5. The quantitative estimate of drug-likeness (QED) is 0.0578. The number of rotatable bonds is 9. The molecule has 0 atom stereocenters. The molecule has 0 radical (unpaired) electrons. The van der Waals surface area contributed by atoms with E-state index in [2.05, 4.69) is 70.2 Å². The fourth-order valence-corrected chi connectivity index (χ4v) is 10.4. The average Bonchev–Trinajstić information content (AvgIpc) is 1.62. The zero-order chi connectivity index (χ0) is 72.7. The minimum Gasteiger partial charge on any atom is -0.443 e. The lowest BCUT2D eigenvalue weighted by molar-refractivity contribution is -0.138.